The standard InChI is InChI=1S/C16H17NO3S2/c1-19-12-5-2-4-11(8-12)9-14-15(18)17(16(21)22-14)10-13-6-3-7-20-13/h2,4-5,8-9,13H,3,6-7,10H2,1H3/b14-9+/t13-/m1/s1. The van der Waals surface area contributed by atoms with Crippen molar-refractivity contribution in [2.45, 2.75) is 18.9 Å². The van der Waals surface area contributed by atoms with Crippen LogP contribution in [0.5, 0.6) is 5.75 Å². The number of thiocarbonyl (C=S) groups is 1. The van der Waals surface area contributed by atoms with Gasteiger partial charge in [-0.2, -0.15) is 0 Å². The Morgan fingerprint density at radius 3 is 3.14 bits per heavy atom. The minimum atomic E-state index is -0.0340. The van der Waals surface area contributed by atoms with Gasteiger partial charge in [-0.1, -0.05) is 36.1 Å². The van der Waals surface area contributed by atoms with Crippen molar-refractivity contribution in [1.29, 1.82) is 0 Å². The van der Waals surface area contributed by atoms with Gasteiger partial charge in [0.2, 0.25) is 0 Å². The molecule has 0 radical (unpaired) electrons. The lowest BCUT2D eigenvalue weighted by Crippen LogP contribution is -2.35. The average Bonchev–Trinajstić information content (AvgIpc) is 3.12. The Morgan fingerprint density at radius 2 is 2.41 bits per heavy atom. The molecule has 2 heterocycles. The maximum atomic E-state index is 12.5. The molecule has 2 fully saturated rings. The van der Waals surface area contributed by atoms with Crippen LogP contribution >= 0.6 is 24.0 Å². The summed E-state index contributed by atoms with van der Waals surface area (Å²) < 4.78 is 11.4. The van der Waals surface area contributed by atoms with Gasteiger partial charge in [0.05, 0.1) is 24.7 Å². The lowest BCUT2D eigenvalue weighted by atomic mass is 10.2. The Hall–Kier alpha value is -1.37. The van der Waals surface area contributed by atoms with E-state index in [0.717, 1.165) is 30.8 Å². The summed E-state index contributed by atoms with van der Waals surface area (Å²) in [4.78, 5) is 14.8. The normalized spacial score (nSPS) is 23.6. The molecule has 2 aliphatic rings. The molecule has 0 aromatic heterocycles. The number of nitrogens with zero attached hydrogens (tertiary/aromatic N) is 1. The second kappa shape index (κ2) is 6.81. The van der Waals surface area contributed by atoms with Crippen LogP contribution in [0, 0.1) is 0 Å². The number of rotatable bonds is 4. The lowest BCUT2D eigenvalue weighted by molar-refractivity contribution is -0.123. The second-order valence-electron chi connectivity index (χ2n) is 5.20. The highest BCUT2D eigenvalue weighted by molar-refractivity contribution is 8.26. The van der Waals surface area contributed by atoms with E-state index in [4.69, 9.17) is 21.7 Å². The molecule has 1 aromatic rings. The van der Waals surface area contributed by atoms with Crippen molar-refractivity contribution in [2.24, 2.45) is 0 Å². The summed E-state index contributed by atoms with van der Waals surface area (Å²) in [5, 5.41) is 0. The molecular formula is C16H17NO3S2. The quantitative estimate of drug-likeness (QED) is 0.624. The minimum Gasteiger partial charge on any atom is -0.497 e. The van der Waals surface area contributed by atoms with Gasteiger partial charge in [0.25, 0.3) is 5.91 Å². The maximum Gasteiger partial charge on any atom is 0.266 e. The molecule has 4 nitrogen and oxygen atoms in total. The highest BCUT2D eigenvalue weighted by atomic mass is 32.2. The second-order valence-corrected chi connectivity index (χ2v) is 6.88. The number of thioether (sulfide) groups is 1. The molecule has 3 rings (SSSR count). The van der Waals surface area contributed by atoms with Gasteiger partial charge in [-0.05, 0) is 36.6 Å². The Morgan fingerprint density at radius 1 is 1.55 bits per heavy atom. The van der Waals surface area contributed by atoms with E-state index in [-0.39, 0.29) is 12.0 Å². The zero-order valence-electron chi connectivity index (χ0n) is 12.3. The van der Waals surface area contributed by atoms with Crippen LogP contribution in [-0.2, 0) is 9.53 Å². The number of benzene rings is 1. The van der Waals surface area contributed by atoms with Gasteiger partial charge in [0.15, 0.2) is 0 Å². The van der Waals surface area contributed by atoms with Crippen molar-refractivity contribution in [2.75, 3.05) is 20.3 Å². The van der Waals surface area contributed by atoms with Crippen LogP contribution in [0.2, 0.25) is 0 Å². The largest absolute Gasteiger partial charge is 0.497 e. The first kappa shape index (κ1) is 15.5. The van der Waals surface area contributed by atoms with Crippen molar-refractivity contribution in [3.63, 3.8) is 0 Å². The fourth-order valence-electron chi connectivity index (χ4n) is 2.53. The molecule has 6 heteroatoms. The molecule has 22 heavy (non-hydrogen) atoms. The van der Waals surface area contributed by atoms with Crippen molar-refractivity contribution < 1.29 is 14.3 Å². The molecule has 0 N–H and O–H groups in total. The van der Waals surface area contributed by atoms with E-state index in [1.165, 1.54) is 11.8 Å². The Balaban J connectivity index is 1.75. The van der Waals surface area contributed by atoms with Crippen LogP contribution in [0.1, 0.15) is 18.4 Å². The molecule has 2 aliphatic heterocycles. The molecule has 0 aliphatic carbocycles. The summed E-state index contributed by atoms with van der Waals surface area (Å²) in [5.41, 5.74) is 0.928. The van der Waals surface area contributed by atoms with Gasteiger partial charge in [-0.3, -0.25) is 9.69 Å². The van der Waals surface area contributed by atoms with E-state index in [1.54, 1.807) is 12.0 Å². The first-order chi connectivity index (χ1) is 10.7. The van der Waals surface area contributed by atoms with Crippen LogP contribution in [-0.4, -0.2) is 41.5 Å². The van der Waals surface area contributed by atoms with Crippen LogP contribution < -0.4 is 4.74 Å². The van der Waals surface area contributed by atoms with Crippen molar-refractivity contribution >= 4 is 40.3 Å². The summed E-state index contributed by atoms with van der Waals surface area (Å²) in [5.74, 6) is 0.733. The fourth-order valence-corrected chi connectivity index (χ4v) is 3.81. The Kier molecular flexibility index (Phi) is 4.81. The lowest BCUT2D eigenvalue weighted by Gasteiger charge is -2.18. The third-order valence-corrected chi connectivity index (χ3v) is 5.05. The SMILES string of the molecule is COc1cccc(/C=C2/SC(=S)N(C[C@H]3CCCO3)C2=O)c1. The molecule has 1 atom stereocenters. The molecule has 1 amide bonds. The number of carbonyl (C=O) groups excluding carboxylic acids is 1. The first-order valence-corrected chi connectivity index (χ1v) is 8.41. The Bertz CT molecular complexity index is 624. The number of ether oxygens (including phenoxy) is 2. The van der Waals surface area contributed by atoms with Crippen LogP contribution in [0.25, 0.3) is 6.08 Å². The highest BCUT2D eigenvalue weighted by Crippen LogP contribution is 2.33. The average molecular weight is 335 g/mol. The molecule has 0 spiro atoms. The van der Waals surface area contributed by atoms with Crippen LogP contribution in [0.3, 0.4) is 0 Å². The number of amides is 1. The predicted molar refractivity (Wildman–Crippen MR) is 91.8 cm³/mol. The van der Waals surface area contributed by atoms with Gasteiger partial charge in [-0.15, -0.1) is 0 Å². The van der Waals surface area contributed by atoms with E-state index in [0.29, 0.717) is 15.8 Å². The maximum absolute atomic E-state index is 12.5. The fraction of sp³-hybridized carbons (Fsp3) is 0.375. The Labute approximate surface area is 139 Å². The number of methoxy groups -OCH3 is 1. The van der Waals surface area contributed by atoms with Crippen LogP contribution in [0.4, 0.5) is 0 Å². The number of hydrogen-bond donors (Lipinski definition) is 0. The molecule has 116 valence electrons. The van der Waals surface area contributed by atoms with E-state index in [9.17, 15) is 4.79 Å². The summed E-state index contributed by atoms with van der Waals surface area (Å²) in [7, 11) is 1.63. The van der Waals surface area contributed by atoms with E-state index in [2.05, 4.69) is 0 Å². The monoisotopic (exact) mass is 335 g/mol. The third kappa shape index (κ3) is 3.34. The minimum absolute atomic E-state index is 0.0340. The molecule has 1 aromatic carbocycles. The predicted octanol–water partition coefficient (Wildman–Crippen LogP) is 3.08. The zero-order chi connectivity index (χ0) is 15.5. The van der Waals surface area contributed by atoms with Gasteiger partial charge in [0, 0.05) is 6.61 Å². The molecule has 0 unspecified atom stereocenters. The van der Waals surface area contributed by atoms with Crippen molar-refractivity contribution in [3.05, 3.63) is 34.7 Å². The highest BCUT2D eigenvalue weighted by Gasteiger charge is 2.34. The smallest absolute Gasteiger partial charge is 0.266 e. The number of hydrogen-bond acceptors (Lipinski definition) is 5. The van der Waals surface area contributed by atoms with E-state index < -0.39 is 0 Å². The third-order valence-electron chi connectivity index (χ3n) is 3.68. The summed E-state index contributed by atoms with van der Waals surface area (Å²) >= 11 is 6.69. The summed E-state index contributed by atoms with van der Waals surface area (Å²) in [6.07, 6.45) is 4.02. The van der Waals surface area contributed by atoms with Crippen LogP contribution in [0.15, 0.2) is 29.2 Å². The molecule has 0 bridgehead atoms. The van der Waals surface area contributed by atoms with Gasteiger partial charge in [-0.25, -0.2) is 0 Å². The first-order valence-electron chi connectivity index (χ1n) is 7.18. The summed E-state index contributed by atoms with van der Waals surface area (Å²) in [6, 6.07) is 7.61. The topological polar surface area (TPSA) is 38.8 Å². The van der Waals surface area contributed by atoms with E-state index in [1.807, 2.05) is 30.3 Å². The van der Waals surface area contributed by atoms with Gasteiger partial charge < -0.3 is 9.47 Å². The molecule has 2 saturated heterocycles. The van der Waals surface area contributed by atoms with Crippen molar-refractivity contribution in [1.82, 2.24) is 4.90 Å². The summed E-state index contributed by atoms with van der Waals surface area (Å²) in [6.45, 7) is 1.33. The van der Waals surface area contributed by atoms with Gasteiger partial charge in [0.1, 0.15) is 10.1 Å². The molecule has 0 saturated carbocycles. The zero-order valence-corrected chi connectivity index (χ0v) is 13.9. The van der Waals surface area contributed by atoms with Crippen molar-refractivity contribution in [3.8, 4) is 5.75 Å². The van der Waals surface area contributed by atoms with E-state index >= 15 is 0 Å². The number of carbonyl (C=O) groups is 1. The van der Waals surface area contributed by atoms with Gasteiger partial charge >= 0.3 is 0 Å². The molecular weight excluding hydrogens is 318 g/mol.